The van der Waals surface area contributed by atoms with E-state index in [4.69, 9.17) is 0 Å². The molecule has 0 amide bonds. The van der Waals surface area contributed by atoms with Crippen LogP contribution in [-0.2, 0) is 0 Å². The molecule has 0 N–H and O–H groups in total. The van der Waals surface area contributed by atoms with Gasteiger partial charge in [0.1, 0.15) is 0 Å². The molecule has 0 unspecified atom stereocenters. The molecule has 0 saturated heterocycles. The maximum Gasteiger partial charge on any atom is 0.289 e. The van der Waals surface area contributed by atoms with Crippen molar-refractivity contribution < 1.29 is 0 Å². The molecule has 60 valence electrons. The van der Waals surface area contributed by atoms with Gasteiger partial charge >= 0.3 is 0 Å². The predicted molar refractivity (Wildman–Crippen MR) is 41.5 cm³/mol. The monoisotopic (exact) mass is 162 g/mol. The molecular weight excluding hydrogens is 156 g/mol. The maximum atomic E-state index is 11.2. The average Bonchev–Trinajstić information content (AvgIpc) is 2.57. The Balaban J connectivity index is 2.63. The molecule has 5 nitrogen and oxygen atoms in total. The lowest BCUT2D eigenvalue weighted by atomic mass is 10.7. The molecule has 2 heterocycles. The van der Waals surface area contributed by atoms with E-state index in [-0.39, 0.29) is 5.56 Å². The average molecular weight is 162 g/mol. The van der Waals surface area contributed by atoms with Gasteiger partial charge in [-0.1, -0.05) is 0 Å². The minimum atomic E-state index is -0.207. The molecule has 5 heteroatoms. The third-order valence-electron chi connectivity index (χ3n) is 1.42. The van der Waals surface area contributed by atoms with E-state index in [2.05, 4.69) is 10.1 Å². The highest BCUT2D eigenvalue weighted by atomic mass is 16.1. The fraction of sp³-hybridized carbons (Fsp3) is 0. The number of hydrogen-bond donors (Lipinski definition) is 0. The number of rotatable bonds is 1. The molecule has 0 aromatic carbocycles. The zero-order valence-electron chi connectivity index (χ0n) is 6.16. The van der Waals surface area contributed by atoms with E-state index in [1.165, 1.54) is 21.9 Å². The number of nitrogens with zero attached hydrogens (tertiary/aromatic N) is 4. The standard InChI is InChI=1S/C7H6N4O/c12-7-6-8-3-5-10(7)11-4-1-2-9-11/h1-6H. The van der Waals surface area contributed by atoms with E-state index in [9.17, 15) is 4.79 Å². The minimum Gasteiger partial charge on any atom is -0.266 e. The van der Waals surface area contributed by atoms with E-state index in [0.29, 0.717) is 0 Å². The van der Waals surface area contributed by atoms with Crippen LogP contribution in [0.4, 0.5) is 0 Å². The first-order valence-electron chi connectivity index (χ1n) is 3.41. The van der Waals surface area contributed by atoms with Gasteiger partial charge in [0.2, 0.25) is 0 Å². The first-order valence-corrected chi connectivity index (χ1v) is 3.41. The highest BCUT2D eigenvalue weighted by Gasteiger charge is 1.94. The van der Waals surface area contributed by atoms with Gasteiger partial charge in [-0.15, -0.1) is 0 Å². The van der Waals surface area contributed by atoms with Crippen LogP contribution >= 0.6 is 0 Å². The molecule has 0 radical (unpaired) electrons. The minimum absolute atomic E-state index is 0.207. The fourth-order valence-electron chi connectivity index (χ4n) is 0.899. The summed E-state index contributed by atoms with van der Waals surface area (Å²) in [5.74, 6) is 0. The highest BCUT2D eigenvalue weighted by Crippen LogP contribution is 1.83. The van der Waals surface area contributed by atoms with Crippen molar-refractivity contribution in [3.8, 4) is 0 Å². The van der Waals surface area contributed by atoms with Crippen molar-refractivity contribution in [2.24, 2.45) is 0 Å². The van der Waals surface area contributed by atoms with Gasteiger partial charge in [0, 0.05) is 12.4 Å². The van der Waals surface area contributed by atoms with Crippen LogP contribution in [0.3, 0.4) is 0 Å². The molecule has 12 heavy (non-hydrogen) atoms. The summed E-state index contributed by atoms with van der Waals surface area (Å²) in [7, 11) is 0. The second-order valence-corrected chi connectivity index (χ2v) is 2.19. The van der Waals surface area contributed by atoms with Gasteiger partial charge in [0.25, 0.3) is 5.56 Å². The zero-order chi connectivity index (χ0) is 8.39. The van der Waals surface area contributed by atoms with Crippen molar-refractivity contribution in [3.05, 3.63) is 47.4 Å². The smallest absolute Gasteiger partial charge is 0.266 e. The molecular formula is C7H6N4O. The second-order valence-electron chi connectivity index (χ2n) is 2.19. The van der Waals surface area contributed by atoms with Gasteiger partial charge in [-0.2, -0.15) is 9.89 Å². The molecule has 0 aliphatic rings. The van der Waals surface area contributed by atoms with Crippen molar-refractivity contribution in [2.45, 2.75) is 0 Å². The normalized spacial score (nSPS) is 10.0. The van der Waals surface area contributed by atoms with Gasteiger partial charge in [-0.05, 0) is 6.07 Å². The predicted octanol–water partition coefficient (Wildman–Crippen LogP) is -0.249. The number of aromatic nitrogens is 4. The van der Waals surface area contributed by atoms with Gasteiger partial charge in [-0.25, -0.2) is 4.68 Å². The first kappa shape index (κ1) is 6.78. The van der Waals surface area contributed by atoms with Crippen LogP contribution in [0.25, 0.3) is 0 Å². The highest BCUT2D eigenvalue weighted by molar-refractivity contribution is 4.84. The molecule has 2 aromatic heterocycles. The van der Waals surface area contributed by atoms with Crippen LogP contribution in [0.15, 0.2) is 41.8 Å². The molecule has 2 aromatic rings. The zero-order valence-corrected chi connectivity index (χ0v) is 6.16. The van der Waals surface area contributed by atoms with Crippen LogP contribution < -0.4 is 5.56 Å². The Kier molecular flexibility index (Phi) is 1.48. The van der Waals surface area contributed by atoms with Gasteiger partial charge in [0.15, 0.2) is 0 Å². The molecule has 0 atom stereocenters. The first-order chi connectivity index (χ1) is 5.88. The van der Waals surface area contributed by atoms with Gasteiger partial charge in [0.05, 0.1) is 18.6 Å². The fourth-order valence-corrected chi connectivity index (χ4v) is 0.899. The summed E-state index contributed by atoms with van der Waals surface area (Å²) in [5.41, 5.74) is -0.207. The second kappa shape index (κ2) is 2.61. The Morgan fingerprint density at radius 2 is 2.17 bits per heavy atom. The summed E-state index contributed by atoms with van der Waals surface area (Å²) < 4.78 is 1.35. The summed E-state index contributed by atoms with van der Waals surface area (Å²) in [5, 5.41) is 3.90. The molecule has 0 bridgehead atoms. The van der Waals surface area contributed by atoms with Gasteiger partial charge in [-0.3, -0.25) is 9.78 Å². The van der Waals surface area contributed by atoms with Crippen LogP contribution in [0.5, 0.6) is 0 Å². The Hall–Kier alpha value is -1.91. The molecule has 0 aliphatic carbocycles. The van der Waals surface area contributed by atoms with E-state index < -0.39 is 0 Å². The molecule has 0 saturated carbocycles. The summed E-state index contributed by atoms with van der Waals surface area (Å²) >= 11 is 0. The summed E-state index contributed by atoms with van der Waals surface area (Å²) in [6.45, 7) is 0. The SMILES string of the molecule is O=c1cnccn1-n1cccn1. The van der Waals surface area contributed by atoms with E-state index >= 15 is 0 Å². The Morgan fingerprint density at radius 1 is 1.25 bits per heavy atom. The largest absolute Gasteiger partial charge is 0.289 e. The molecule has 0 spiro atoms. The maximum absolute atomic E-state index is 11.2. The van der Waals surface area contributed by atoms with Crippen LogP contribution in [0.2, 0.25) is 0 Å². The van der Waals surface area contributed by atoms with Gasteiger partial charge < -0.3 is 0 Å². The van der Waals surface area contributed by atoms with Crippen molar-refractivity contribution in [3.63, 3.8) is 0 Å². The molecule has 0 fully saturated rings. The third kappa shape index (κ3) is 1.01. The topological polar surface area (TPSA) is 52.7 Å². The van der Waals surface area contributed by atoms with E-state index in [1.807, 2.05) is 0 Å². The van der Waals surface area contributed by atoms with Crippen molar-refractivity contribution >= 4 is 0 Å². The Labute approximate surface area is 67.9 Å². The lowest BCUT2D eigenvalue weighted by Crippen LogP contribution is -2.25. The van der Waals surface area contributed by atoms with E-state index in [1.54, 1.807) is 24.7 Å². The van der Waals surface area contributed by atoms with Crippen molar-refractivity contribution in [1.82, 2.24) is 19.5 Å². The van der Waals surface area contributed by atoms with Crippen LogP contribution in [-0.4, -0.2) is 19.5 Å². The van der Waals surface area contributed by atoms with Crippen LogP contribution in [0.1, 0.15) is 0 Å². The third-order valence-corrected chi connectivity index (χ3v) is 1.42. The lowest BCUT2D eigenvalue weighted by Gasteiger charge is -2.01. The summed E-state index contributed by atoms with van der Waals surface area (Å²) in [6.07, 6.45) is 7.61. The number of hydrogen-bond acceptors (Lipinski definition) is 3. The molecule has 0 aliphatic heterocycles. The quantitative estimate of drug-likeness (QED) is 0.581. The van der Waals surface area contributed by atoms with Crippen LogP contribution in [0, 0.1) is 0 Å². The Bertz CT molecular complexity index is 417. The lowest BCUT2D eigenvalue weighted by molar-refractivity contribution is 0.548. The van der Waals surface area contributed by atoms with Crippen molar-refractivity contribution in [1.29, 1.82) is 0 Å². The van der Waals surface area contributed by atoms with E-state index in [0.717, 1.165) is 0 Å². The molecule has 2 rings (SSSR count). The van der Waals surface area contributed by atoms with Crippen molar-refractivity contribution in [2.75, 3.05) is 0 Å². The summed E-state index contributed by atoms with van der Waals surface area (Å²) in [4.78, 5) is 16.3. The summed E-state index contributed by atoms with van der Waals surface area (Å²) in [6, 6.07) is 1.74. The Morgan fingerprint density at radius 3 is 2.83 bits per heavy atom.